The molecule has 4 nitrogen and oxygen atoms in total. The molecule has 4 N–H and O–H groups in total. The number of aliphatic hydroxyl groups is 1. The van der Waals surface area contributed by atoms with E-state index in [1.165, 1.54) is 17.8 Å². The SMILES string of the molecule is C=CC(O)CSC[C@H](N)C(=O)O. The molecule has 0 aromatic carbocycles. The first-order chi connectivity index (χ1) is 5.57. The monoisotopic (exact) mass is 191 g/mol. The fraction of sp³-hybridized carbons (Fsp3) is 0.571. The summed E-state index contributed by atoms with van der Waals surface area (Å²) < 4.78 is 0. The van der Waals surface area contributed by atoms with E-state index in [0.29, 0.717) is 11.5 Å². The molecule has 0 saturated heterocycles. The summed E-state index contributed by atoms with van der Waals surface area (Å²) in [7, 11) is 0. The third-order valence-electron chi connectivity index (χ3n) is 1.18. The molecule has 2 atom stereocenters. The van der Waals surface area contributed by atoms with Gasteiger partial charge in [-0.05, 0) is 0 Å². The molecule has 5 heteroatoms. The van der Waals surface area contributed by atoms with Gasteiger partial charge in [-0.2, -0.15) is 11.8 Å². The molecule has 0 saturated carbocycles. The van der Waals surface area contributed by atoms with Gasteiger partial charge in [0.1, 0.15) is 6.04 Å². The number of hydrogen-bond acceptors (Lipinski definition) is 4. The molecule has 1 unspecified atom stereocenters. The van der Waals surface area contributed by atoms with E-state index in [1.54, 1.807) is 0 Å². The minimum Gasteiger partial charge on any atom is -0.480 e. The van der Waals surface area contributed by atoms with Crippen LogP contribution in [-0.2, 0) is 4.79 Å². The summed E-state index contributed by atoms with van der Waals surface area (Å²) in [5.41, 5.74) is 5.22. The number of nitrogens with two attached hydrogens (primary N) is 1. The highest BCUT2D eigenvalue weighted by Crippen LogP contribution is 2.04. The third kappa shape index (κ3) is 5.17. The number of carbonyl (C=O) groups is 1. The van der Waals surface area contributed by atoms with E-state index in [9.17, 15) is 4.79 Å². The van der Waals surface area contributed by atoms with Crippen molar-refractivity contribution in [3.63, 3.8) is 0 Å². The van der Waals surface area contributed by atoms with Gasteiger partial charge in [0.15, 0.2) is 0 Å². The van der Waals surface area contributed by atoms with Gasteiger partial charge < -0.3 is 15.9 Å². The highest BCUT2D eigenvalue weighted by Gasteiger charge is 2.11. The highest BCUT2D eigenvalue weighted by atomic mass is 32.2. The summed E-state index contributed by atoms with van der Waals surface area (Å²) in [4.78, 5) is 10.2. The van der Waals surface area contributed by atoms with E-state index < -0.39 is 18.1 Å². The fourth-order valence-corrected chi connectivity index (χ4v) is 1.37. The molecule has 0 spiro atoms. The zero-order valence-corrected chi connectivity index (χ0v) is 7.46. The fourth-order valence-electron chi connectivity index (χ4n) is 0.455. The summed E-state index contributed by atoms with van der Waals surface area (Å²) in [5, 5.41) is 17.4. The summed E-state index contributed by atoms with van der Waals surface area (Å²) in [6.45, 7) is 3.38. The van der Waals surface area contributed by atoms with Crippen LogP contribution >= 0.6 is 11.8 Å². The van der Waals surface area contributed by atoms with Crippen LogP contribution in [0.1, 0.15) is 0 Å². The summed E-state index contributed by atoms with van der Waals surface area (Å²) in [5.74, 6) is -0.277. The van der Waals surface area contributed by atoms with Gasteiger partial charge in [-0.1, -0.05) is 6.08 Å². The van der Waals surface area contributed by atoms with E-state index in [1.807, 2.05) is 0 Å². The van der Waals surface area contributed by atoms with Crippen LogP contribution in [0, 0.1) is 0 Å². The topological polar surface area (TPSA) is 83.5 Å². The lowest BCUT2D eigenvalue weighted by molar-refractivity contribution is -0.137. The Bertz CT molecular complexity index is 163. The summed E-state index contributed by atoms with van der Waals surface area (Å²) in [6, 6.07) is -0.855. The van der Waals surface area contributed by atoms with Crippen molar-refractivity contribution in [3.8, 4) is 0 Å². The van der Waals surface area contributed by atoms with Crippen LogP contribution in [0.3, 0.4) is 0 Å². The van der Waals surface area contributed by atoms with E-state index in [4.69, 9.17) is 15.9 Å². The second-order valence-electron chi connectivity index (χ2n) is 2.29. The van der Waals surface area contributed by atoms with E-state index >= 15 is 0 Å². The smallest absolute Gasteiger partial charge is 0.321 e. The van der Waals surface area contributed by atoms with Crippen LogP contribution in [0.25, 0.3) is 0 Å². The Balaban J connectivity index is 3.43. The molecule has 70 valence electrons. The van der Waals surface area contributed by atoms with Crippen molar-refractivity contribution in [2.24, 2.45) is 5.73 Å². The van der Waals surface area contributed by atoms with E-state index in [2.05, 4.69) is 6.58 Å². The number of carboxylic acids is 1. The third-order valence-corrected chi connectivity index (χ3v) is 2.35. The number of carboxylic acid groups (broad SMARTS) is 1. The average molecular weight is 191 g/mol. The predicted molar refractivity (Wildman–Crippen MR) is 49.1 cm³/mol. The quantitative estimate of drug-likeness (QED) is 0.501. The molecule has 0 fully saturated rings. The van der Waals surface area contributed by atoms with Gasteiger partial charge in [0, 0.05) is 11.5 Å². The minimum atomic E-state index is -1.02. The van der Waals surface area contributed by atoms with Crippen molar-refractivity contribution < 1.29 is 15.0 Å². The molecular weight excluding hydrogens is 178 g/mol. The maximum absolute atomic E-state index is 10.2. The lowest BCUT2D eigenvalue weighted by Gasteiger charge is -2.07. The normalized spacial score (nSPS) is 15.2. The Kier molecular flexibility index (Phi) is 5.79. The Morgan fingerprint density at radius 1 is 1.67 bits per heavy atom. The van der Waals surface area contributed by atoms with Crippen LogP contribution in [-0.4, -0.2) is 39.8 Å². The summed E-state index contributed by atoms with van der Waals surface area (Å²) >= 11 is 1.30. The average Bonchev–Trinajstić information content (AvgIpc) is 2.03. The maximum atomic E-state index is 10.2. The molecule has 0 bridgehead atoms. The van der Waals surface area contributed by atoms with Crippen molar-refractivity contribution in [3.05, 3.63) is 12.7 Å². The number of thioether (sulfide) groups is 1. The molecule has 0 aromatic heterocycles. The van der Waals surface area contributed by atoms with Crippen molar-refractivity contribution in [1.29, 1.82) is 0 Å². The van der Waals surface area contributed by atoms with Crippen LogP contribution < -0.4 is 5.73 Å². The first kappa shape index (κ1) is 11.5. The van der Waals surface area contributed by atoms with Gasteiger partial charge in [0.2, 0.25) is 0 Å². The minimum absolute atomic E-state index is 0.306. The molecule has 0 amide bonds. The first-order valence-electron chi connectivity index (χ1n) is 3.44. The van der Waals surface area contributed by atoms with Gasteiger partial charge in [-0.25, -0.2) is 0 Å². The van der Waals surface area contributed by atoms with E-state index in [0.717, 1.165) is 0 Å². The predicted octanol–water partition coefficient (Wildman–Crippen LogP) is -0.322. The largest absolute Gasteiger partial charge is 0.480 e. The molecule has 0 rings (SSSR count). The second kappa shape index (κ2) is 6.05. The van der Waals surface area contributed by atoms with Crippen molar-refractivity contribution in [2.45, 2.75) is 12.1 Å². The van der Waals surface area contributed by atoms with Gasteiger partial charge in [-0.15, -0.1) is 6.58 Å². The van der Waals surface area contributed by atoms with Gasteiger partial charge in [-0.3, -0.25) is 4.79 Å². The molecular formula is C7H13NO3S. The van der Waals surface area contributed by atoms with Gasteiger partial charge in [0.25, 0.3) is 0 Å². The van der Waals surface area contributed by atoms with E-state index in [-0.39, 0.29) is 0 Å². The lowest BCUT2D eigenvalue weighted by Crippen LogP contribution is -2.32. The van der Waals surface area contributed by atoms with Crippen molar-refractivity contribution in [2.75, 3.05) is 11.5 Å². The molecule has 0 radical (unpaired) electrons. The zero-order valence-electron chi connectivity index (χ0n) is 6.64. The molecule has 0 aliphatic heterocycles. The summed E-state index contributed by atoms with van der Waals surface area (Å²) in [6.07, 6.45) is 0.815. The Morgan fingerprint density at radius 3 is 2.67 bits per heavy atom. The Labute approximate surface area is 75.5 Å². The second-order valence-corrected chi connectivity index (χ2v) is 3.36. The molecule has 12 heavy (non-hydrogen) atoms. The highest BCUT2D eigenvalue weighted by molar-refractivity contribution is 7.99. The van der Waals surface area contributed by atoms with Gasteiger partial charge >= 0.3 is 5.97 Å². The van der Waals surface area contributed by atoms with Crippen LogP contribution in [0.15, 0.2) is 12.7 Å². The Morgan fingerprint density at radius 2 is 2.25 bits per heavy atom. The number of hydrogen-bond donors (Lipinski definition) is 3. The standard InChI is InChI=1S/C7H13NO3S/c1-2-5(9)3-12-4-6(8)7(10)11/h2,5-6,9H,1,3-4,8H2,(H,10,11)/t5?,6-/m0/s1. The Hall–Kier alpha value is -0.520. The maximum Gasteiger partial charge on any atom is 0.321 e. The first-order valence-corrected chi connectivity index (χ1v) is 4.60. The zero-order chi connectivity index (χ0) is 9.56. The van der Waals surface area contributed by atoms with Crippen molar-refractivity contribution >= 4 is 17.7 Å². The number of aliphatic carboxylic acids is 1. The molecule has 0 aliphatic carbocycles. The number of aliphatic hydroxyl groups excluding tert-OH is 1. The molecule has 0 heterocycles. The van der Waals surface area contributed by atoms with Gasteiger partial charge in [0.05, 0.1) is 6.10 Å². The van der Waals surface area contributed by atoms with Crippen LogP contribution in [0.5, 0.6) is 0 Å². The van der Waals surface area contributed by atoms with Crippen molar-refractivity contribution in [1.82, 2.24) is 0 Å². The molecule has 0 aliphatic rings. The molecule has 0 aromatic rings. The number of rotatable bonds is 6. The van der Waals surface area contributed by atoms with Crippen LogP contribution in [0.4, 0.5) is 0 Å². The lowest BCUT2D eigenvalue weighted by atomic mass is 10.4. The van der Waals surface area contributed by atoms with Crippen LogP contribution in [0.2, 0.25) is 0 Å².